The maximum atomic E-state index is 12.1. The lowest BCUT2D eigenvalue weighted by Gasteiger charge is -2.33. The monoisotopic (exact) mass is 305 g/mol. The van der Waals surface area contributed by atoms with E-state index in [1.165, 1.54) is 0 Å². The number of carbonyl (C=O) groups excluding carboxylic acids is 2. The third-order valence-corrected chi connectivity index (χ3v) is 3.73. The minimum atomic E-state index is -0.425. The van der Waals surface area contributed by atoms with Crippen LogP contribution >= 0.6 is 12.4 Å². The summed E-state index contributed by atoms with van der Waals surface area (Å²) < 4.78 is 0. The molecule has 0 spiro atoms. The number of halogens is 1. The Morgan fingerprint density at radius 1 is 1.30 bits per heavy atom. The summed E-state index contributed by atoms with van der Waals surface area (Å²) in [4.78, 5) is 25.7. The molecule has 1 heterocycles. The van der Waals surface area contributed by atoms with E-state index in [1.54, 1.807) is 4.90 Å². The van der Waals surface area contributed by atoms with Gasteiger partial charge >= 0.3 is 0 Å². The fraction of sp³-hybridized carbons (Fsp3) is 0.857. The first-order chi connectivity index (χ1) is 8.97. The van der Waals surface area contributed by atoms with E-state index < -0.39 is 6.04 Å². The number of carbonyl (C=O) groups is 2. The van der Waals surface area contributed by atoms with Crippen molar-refractivity contribution in [2.45, 2.75) is 46.1 Å². The molecule has 1 fully saturated rings. The molecule has 0 aliphatic carbocycles. The van der Waals surface area contributed by atoms with Gasteiger partial charge in [-0.15, -0.1) is 12.4 Å². The Labute approximate surface area is 128 Å². The van der Waals surface area contributed by atoms with Crippen LogP contribution < -0.4 is 11.1 Å². The Hall–Kier alpha value is -0.810. The second-order valence-corrected chi connectivity index (χ2v) is 5.66. The fourth-order valence-corrected chi connectivity index (χ4v) is 2.25. The summed E-state index contributed by atoms with van der Waals surface area (Å²) in [6.07, 6.45) is 2.44. The van der Waals surface area contributed by atoms with Crippen LogP contribution in [0.3, 0.4) is 0 Å². The van der Waals surface area contributed by atoms with Crippen LogP contribution in [0.5, 0.6) is 0 Å². The summed E-state index contributed by atoms with van der Waals surface area (Å²) >= 11 is 0. The first-order valence-corrected chi connectivity index (χ1v) is 7.29. The second kappa shape index (κ2) is 9.19. The summed E-state index contributed by atoms with van der Waals surface area (Å²) in [5.74, 6) is 0.341. The van der Waals surface area contributed by atoms with Crippen LogP contribution in [0.15, 0.2) is 0 Å². The molecule has 5 nitrogen and oxygen atoms in total. The molecule has 6 heteroatoms. The Morgan fingerprint density at radius 3 is 2.30 bits per heavy atom. The number of rotatable bonds is 5. The highest BCUT2D eigenvalue weighted by Crippen LogP contribution is 2.18. The Bertz CT molecular complexity index is 316. The van der Waals surface area contributed by atoms with Gasteiger partial charge in [-0.25, -0.2) is 0 Å². The Balaban J connectivity index is 0.00000361. The number of hydrogen-bond acceptors (Lipinski definition) is 3. The SMILES string of the molecule is CCCNC(=O)C1CCN(C(=O)[C@@H](N)C(C)C)CC1.Cl. The van der Waals surface area contributed by atoms with Crippen molar-refractivity contribution in [3.63, 3.8) is 0 Å². The predicted octanol–water partition coefficient (Wildman–Crippen LogP) is 1.16. The third kappa shape index (κ3) is 5.29. The van der Waals surface area contributed by atoms with E-state index in [9.17, 15) is 9.59 Å². The highest BCUT2D eigenvalue weighted by atomic mass is 35.5. The molecule has 0 aromatic rings. The number of nitrogens with one attached hydrogen (secondary N) is 1. The third-order valence-electron chi connectivity index (χ3n) is 3.73. The highest BCUT2D eigenvalue weighted by Gasteiger charge is 2.30. The largest absolute Gasteiger partial charge is 0.356 e. The van der Waals surface area contributed by atoms with Gasteiger partial charge in [0.25, 0.3) is 0 Å². The zero-order chi connectivity index (χ0) is 14.4. The molecule has 0 bridgehead atoms. The summed E-state index contributed by atoms with van der Waals surface area (Å²) in [5.41, 5.74) is 5.88. The average molecular weight is 306 g/mol. The molecule has 1 aliphatic rings. The number of hydrogen-bond donors (Lipinski definition) is 2. The van der Waals surface area contributed by atoms with Gasteiger partial charge in [0.2, 0.25) is 11.8 Å². The quantitative estimate of drug-likeness (QED) is 0.800. The van der Waals surface area contributed by atoms with Crippen LogP contribution in [0.1, 0.15) is 40.0 Å². The smallest absolute Gasteiger partial charge is 0.239 e. The van der Waals surface area contributed by atoms with Gasteiger partial charge in [-0.3, -0.25) is 9.59 Å². The first-order valence-electron chi connectivity index (χ1n) is 7.29. The number of nitrogens with two attached hydrogens (primary N) is 1. The van der Waals surface area contributed by atoms with Crippen LogP contribution in [0.2, 0.25) is 0 Å². The number of likely N-dealkylation sites (tertiary alicyclic amines) is 1. The molecule has 118 valence electrons. The van der Waals surface area contributed by atoms with Crippen molar-refractivity contribution < 1.29 is 9.59 Å². The predicted molar refractivity (Wildman–Crippen MR) is 82.7 cm³/mol. The van der Waals surface area contributed by atoms with E-state index in [-0.39, 0.29) is 36.1 Å². The summed E-state index contributed by atoms with van der Waals surface area (Å²) in [7, 11) is 0. The lowest BCUT2D eigenvalue weighted by Crippen LogP contribution is -2.50. The first kappa shape index (κ1) is 19.2. The van der Waals surface area contributed by atoms with Gasteiger partial charge in [0, 0.05) is 25.6 Å². The van der Waals surface area contributed by atoms with E-state index in [4.69, 9.17) is 5.73 Å². The molecule has 0 radical (unpaired) electrons. The van der Waals surface area contributed by atoms with Crippen molar-refractivity contribution in [2.24, 2.45) is 17.6 Å². The summed E-state index contributed by atoms with van der Waals surface area (Å²) in [6.45, 7) is 7.96. The van der Waals surface area contributed by atoms with Gasteiger partial charge in [0.1, 0.15) is 0 Å². The highest BCUT2D eigenvalue weighted by molar-refractivity contribution is 5.85. The molecule has 2 amide bonds. The topological polar surface area (TPSA) is 75.4 Å². The van der Waals surface area contributed by atoms with Crippen molar-refractivity contribution >= 4 is 24.2 Å². The molecular weight excluding hydrogens is 278 g/mol. The lowest BCUT2D eigenvalue weighted by molar-refractivity contribution is -0.137. The van der Waals surface area contributed by atoms with Gasteiger partial charge in [-0.1, -0.05) is 20.8 Å². The van der Waals surface area contributed by atoms with Crippen molar-refractivity contribution in [2.75, 3.05) is 19.6 Å². The van der Waals surface area contributed by atoms with Crippen molar-refractivity contribution in [3.05, 3.63) is 0 Å². The van der Waals surface area contributed by atoms with E-state index in [0.717, 1.165) is 25.8 Å². The maximum Gasteiger partial charge on any atom is 0.239 e. The zero-order valence-electron chi connectivity index (χ0n) is 12.7. The van der Waals surface area contributed by atoms with Crippen LogP contribution in [0.4, 0.5) is 0 Å². The molecule has 0 saturated carbocycles. The molecule has 1 rings (SSSR count). The number of amides is 2. The normalized spacial score (nSPS) is 17.6. The average Bonchev–Trinajstić information content (AvgIpc) is 2.43. The second-order valence-electron chi connectivity index (χ2n) is 5.66. The van der Waals surface area contributed by atoms with E-state index in [2.05, 4.69) is 5.32 Å². The minimum Gasteiger partial charge on any atom is -0.356 e. The van der Waals surface area contributed by atoms with Gasteiger partial charge in [0.15, 0.2) is 0 Å². The van der Waals surface area contributed by atoms with Gasteiger partial charge in [0.05, 0.1) is 6.04 Å². The van der Waals surface area contributed by atoms with Crippen molar-refractivity contribution in [1.29, 1.82) is 0 Å². The van der Waals surface area contributed by atoms with Crippen molar-refractivity contribution in [3.8, 4) is 0 Å². The molecule has 0 unspecified atom stereocenters. The maximum absolute atomic E-state index is 12.1. The standard InChI is InChI=1S/C14H27N3O2.ClH/c1-4-7-16-13(18)11-5-8-17(9-6-11)14(19)12(15)10(2)3;/h10-12H,4-9,15H2,1-3H3,(H,16,18);1H/t12-;/m0./s1. The Kier molecular flexibility index (Phi) is 8.81. The molecule has 3 N–H and O–H groups in total. The lowest BCUT2D eigenvalue weighted by atomic mass is 9.94. The molecule has 0 aromatic heterocycles. The van der Waals surface area contributed by atoms with Crippen LogP contribution in [0, 0.1) is 11.8 Å². The Morgan fingerprint density at radius 2 is 1.85 bits per heavy atom. The van der Waals surface area contributed by atoms with Crippen LogP contribution in [-0.2, 0) is 9.59 Å². The number of piperidine rings is 1. The minimum absolute atomic E-state index is 0. The molecule has 1 saturated heterocycles. The van der Waals surface area contributed by atoms with Crippen LogP contribution in [0.25, 0.3) is 0 Å². The summed E-state index contributed by atoms with van der Waals surface area (Å²) in [5, 5.41) is 2.92. The zero-order valence-corrected chi connectivity index (χ0v) is 13.5. The summed E-state index contributed by atoms with van der Waals surface area (Å²) in [6, 6.07) is -0.425. The molecule has 1 atom stereocenters. The molecule has 1 aliphatic heterocycles. The number of nitrogens with zero attached hydrogens (tertiary/aromatic N) is 1. The van der Waals surface area contributed by atoms with E-state index >= 15 is 0 Å². The van der Waals surface area contributed by atoms with Crippen LogP contribution in [-0.4, -0.2) is 42.4 Å². The van der Waals surface area contributed by atoms with E-state index in [0.29, 0.717) is 13.1 Å². The fourth-order valence-electron chi connectivity index (χ4n) is 2.25. The van der Waals surface area contributed by atoms with Gasteiger partial charge < -0.3 is 16.0 Å². The molecular formula is C14H28ClN3O2. The van der Waals surface area contributed by atoms with Crippen molar-refractivity contribution in [1.82, 2.24) is 10.2 Å². The van der Waals surface area contributed by atoms with E-state index in [1.807, 2.05) is 20.8 Å². The van der Waals surface area contributed by atoms with Gasteiger partial charge in [-0.2, -0.15) is 0 Å². The molecule has 20 heavy (non-hydrogen) atoms. The molecule has 0 aromatic carbocycles. The van der Waals surface area contributed by atoms with Gasteiger partial charge in [-0.05, 0) is 25.2 Å².